The first kappa shape index (κ1) is 10.3. The number of ether oxygens (including phenoxy) is 1. The van der Waals surface area contributed by atoms with Crippen molar-refractivity contribution in [1.82, 2.24) is 0 Å². The van der Waals surface area contributed by atoms with Crippen LogP contribution in [0.25, 0.3) is 0 Å². The zero-order chi connectivity index (χ0) is 12.0. The SMILES string of the molecule is Nc1cccc(N2C(=O)C3CCC(O3)C2=O)c1. The van der Waals surface area contributed by atoms with E-state index in [4.69, 9.17) is 10.5 Å². The molecule has 2 aliphatic rings. The molecule has 1 aromatic carbocycles. The zero-order valence-corrected chi connectivity index (χ0v) is 9.13. The molecule has 0 saturated carbocycles. The molecule has 2 unspecified atom stereocenters. The Hall–Kier alpha value is -1.88. The predicted molar refractivity (Wildman–Crippen MR) is 61.2 cm³/mol. The van der Waals surface area contributed by atoms with E-state index in [0.717, 1.165) is 0 Å². The van der Waals surface area contributed by atoms with Crippen LogP contribution in [0, 0.1) is 0 Å². The molecule has 17 heavy (non-hydrogen) atoms. The third-order valence-electron chi connectivity index (χ3n) is 3.14. The van der Waals surface area contributed by atoms with Gasteiger partial charge in [0, 0.05) is 5.69 Å². The first-order chi connectivity index (χ1) is 8.16. The summed E-state index contributed by atoms with van der Waals surface area (Å²) >= 11 is 0. The molecule has 3 rings (SSSR count). The number of imide groups is 1. The van der Waals surface area contributed by atoms with Crippen LogP contribution in [-0.4, -0.2) is 24.0 Å². The Morgan fingerprint density at radius 3 is 2.41 bits per heavy atom. The number of nitrogens with two attached hydrogens (primary N) is 1. The summed E-state index contributed by atoms with van der Waals surface area (Å²) in [6.07, 6.45) is 0.292. The van der Waals surface area contributed by atoms with E-state index in [1.807, 2.05) is 0 Å². The monoisotopic (exact) mass is 232 g/mol. The first-order valence-electron chi connectivity index (χ1n) is 5.55. The summed E-state index contributed by atoms with van der Waals surface area (Å²) < 4.78 is 5.33. The van der Waals surface area contributed by atoms with Crippen LogP contribution in [0.3, 0.4) is 0 Å². The summed E-state index contributed by atoms with van der Waals surface area (Å²) in [7, 11) is 0. The Balaban J connectivity index is 2.02. The molecule has 2 bridgehead atoms. The molecule has 1 aromatic rings. The van der Waals surface area contributed by atoms with Gasteiger partial charge in [0.2, 0.25) is 0 Å². The maximum atomic E-state index is 12.0. The van der Waals surface area contributed by atoms with Crippen molar-refractivity contribution in [1.29, 1.82) is 0 Å². The number of anilines is 2. The Labute approximate surface area is 98.1 Å². The number of hydrogen-bond donors (Lipinski definition) is 1. The van der Waals surface area contributed by atoms with E-state index < -0.39 is 12.2 Å². The normalized spacial score (nSPS) is 27.6. The highest BCUT2D eigenvalue weighted by Crippen LogP contribution is 2.32. The molecule has 0 radical (unpaired) electrons. The van der Waals surface area contributed by atoms with Crippen LogP contribution in [-0.2, 0) is 14.3 Å². The van der Waals surface area contributed by atoms with Crippen LogP contribution < -0.4 is 10.6 Å². The molecule has 88 valence electrons. The molecule has 2 heterocycles. The lowest BCUT2D eigenvalue weighted by Gasteiger charge is -2.29. The Morgan fingerprint density at radius 2 is 1.82 bits per heavy atom. The topological polar surface area (TPSA) is 72.6 Å². The molecule has 2 N–H and O–H groups in total. The van der Waals surface area contributed by atoms with Gasteiger partial charge in [0.25, 0.3) is 11.8 Å². The van der Waals surface area contributed by atoms with Crippen molar-refractivity contribution in [3.8, 4) is 0 Å². The standard InChI is InChI=1S/C12H12N2O3/c13-7-2-1-3-8(6-7)14-11(15)9-4-5-10(17-9)12(14)16/h1-3,6,9-10H,4-5,13H2. The highest BCUT2D eigenvalue weighted by molar-refractivity contribution is 6.19. The number of carbonyl (C=O) groups excluding carboxylic acids is 2. The van der Waals surface area contributed by atoms with Crippen LogP contribution in [0.15, 0.2) is 24.3 Å². The molecular weight excluding hydrogens is 220 g/mol. The number of amides is 2. The lowest BCUT2D eigenvalue weighted by Crippen LogP contribution is -2.52. The minimum Gasteiger partial charge on any atom is -0.399 e. The van der Waals surface area contributed by atoms with Crippen LogP contribution >= 0.6 is 0 Å². The third-order valence-corrected chi connectivity index (χ3v) is 3.14. The van der Waals surface area contributed by atoms with Gasteiger partial charge in [0.05, 0.1) is 5.69 Å². The molecule has 0 aromatic heterocycles. The number of hydrogen-bond acceptors (Lipinski definition) is 4. The number of carbonyl (C=O) groups is 2. The number of fused-ring (bicyclic) bond motifs is 2. The average Bonchev–Trinajstić information content (AvgIpc) is 2.74. The molecule has 2 amide bonds. The number of rotatable bonds is 1. The van der Waals surface area contributed by atoms with Gasteiger partial charge >= 0.3 is 0 Å². The Bertz CT molecular complexity index is 478. The van der Waals surface area contributed by atoms with Crippen molar-refractivity contribution in [3.05, 3.63) is 24.3 Å². The number of nitrogen functional groups attached to an aromatic ring is 1. The summed E-state index contributed by atoms with van der Waals surface area (Å²) in [6, 6.07) is 6.77. The van der Waals surface area contributed by atoms with Crippen LogP contribution in [0.4, 0.5) is 11.4 Å². The molecule has 0 spiro atoms. The van der Waals surface area contributed by atoms with E-state index in [1.54, 1.807) is 24.3 Å². The fourth-order valence-corrected chi connectivity index (χ4v) is 2.32. The number of benzene rings is 1. The minimum atomic E-state index is -0.473. The van der Waals surface area contributed by atoms with Gasteiger partial charge in [-0.1, -0.05) is 6.07 Å². The lowest BCUT2D eigenvalue weighted by atomic mass is 10.2. The second-order valence-corrected chi connectivity index (χ2v) is 4.30. The number of morpholine rings is 1. The fraction of sp³-hybridized carbons (Fsp3) is 0.333. The number of nitrogens with zero attached hydrogens (tertiary/aromatic N) is 1. The van der Waals surface area contributed by atoms with E-state index in [2.05, 4.69) is 0 Å². The van der Waals surface area contributed by atoms with Gasteiger partial charge in [0.15, 0.2) is 0 Å². The van der Waals surface area contributed by atoms with Crippen molar-refractivity contribution in [2.75, 3.05) is 10.6 Å². The first-order valence-corrected chi connectivity index (χ1v) is 5.55. The van der Waals surface area contributed by atoms with Crippen molar-refractivity contribution < 1.29 is 14.3 Å². The van der Waals surface area contributed by atoms with Crippen molar-refractivity contribution in [3.63, 3.8) is 0 Å². The van der Waals surface area contributed by atoms with Crippen LogP contribution in [0.2, 0.25) is 0 Å². The zero-order valence-electron chi connectivity index (χ0n) is 9.13. The molecule has 2 atom stereocenters. The van der Waals surface area contributed by atoms with E-state index in [9.17, 15) is 9.59 Å². The summed E-state index contributed by atoms with van der Waals surface area (Å²) in [5.74, 6) is -0.566. The highest BCUT2D eigenvalue weighted by Gasteiger charge is 2.47. The van der Waals surface area contributed by atoms with E-state index >= 15 is 0 Å². The maximum Gasteiger partial charge on any atom is 0.262 e. The highest BCUT2D eigenvalue weighted by atomic mass is 16.5. The van der Waals surface area contributed by atoms with Gasteiger partial charge in [-0.05, 0) is 31.0 Å². The molecular formula is C12H12N2O3. The van der Waals surface area contributed by atoms with E-state index in [1.165, 1.54) is 4.90 Å². The van der Waals surface area contributed by atoms with Crippen molar-refractivity contribution in [2.45, 2.75) is 25.0 Å². The maximum absolute atomic E-state index is 12.0. The third kappa shape index (κ3) is 1.51. The van der Waals surface area contributed by atoms with Gasteiger partial charge in [-0.3, -0.25) is 9.59 Å². The molecule has 5 nitrogen and oxygen atoms in total. The smallest absolute Gasteiger partial charge is 0.262 e. The van der Waals surface area contributed by atoms with Crippen molar-refractivity contribution >= 4 is 23.2 Å². The summed E-state index contributed by atoms with van der Waals surface area (Å²) in [5, 5.41) is 0. The lowest BCUT2D eigenvalue weighted by molar-refractivity contribution is -0.146. The van der Waals surface area contributed by atoms with Gasteiger partial charge in [-0.15, -0.1) is 0 Å². The molecule has 0 aliphatic carbocycles. The van der Waals surface area contributed by atoms with Gasteiger partial charge in [-0.25, -0.2) is 4.90 Å². The molecule has 2 saturated heterocycles. The largest absolute Gasteiger partial charge is 0.399 e. The average molecular weight is 232 g/mol. The second kappa shape index (κ2) is 3.56. The Morgan fingerprint density at radius 1 is 1.18 bits per heavy atom. The predicted octanol–water partition coefficient (Wildman–Crippen LogP) is 0.690. The van der Waals surface area contributed by atoms with E-state index in [-0.39, 0.29) is 11.8 Å². The summed E-state index contributed by atoms with van der Waals surface area (Å²) in [5.41, 5.74) is 6.72. The molecule has 5 heteroatoms. The van der Waals surface area contributed by atoms with Crippen molar-refractivity contribution in [2.24, 2.45) is 0 Å². The van der Waals surface area contributed by atoms with Gasteiger partial charge in [-0.2, -0.15) is 0 Å². The summed E-state index contributed by atoms with van der Waals surface area (Å²) in [4.78, 5) is 25.3. The van der Waals surface area contributed by atoms with Crippen LogP contribution in [0.1, 0.15) is 12.8 Å². The molecule has 2 aliphatic heterocycles. The van der Waals surface area contributed by atoms with Gasteiger partial charge < -0.3 is 10.5 Å². The van der Waals surface area contributed by atoms with Crippen LogP contribution in [0.5, 0.6) is 0 Å². The Kier molecular flexibility index (Phi) is 2.16. The van der Waals surface area contributed by atoms with Gasteiger partial charge in [0.1, 0.15) is 12.2 Å². The van der Waals surface area contributed by atoms with E-state index in [0.29, 0.717) is 24.2 Å². The minimum absolute atomic E-state index is 0.283. The fourth-order valence-electron chi connectivity index (χ4n) is 2.32. The molecule has 2 fully saturated rings. The summed E-state index contributed by atoms with van der Waals surface area (Å²) in [6.45, 7) is 0. The second-order valence-electron chi connectivity index (χ2n) is 4.30. The quantitative estimate of drug-likeness (QED) is 0.571.